The van der Waals surface area contributed by atoms with Crippen molar-refractivity contribution in [3.05, 3.63) is 71.3 Å². The first kappa shape index (κ1) is 17.2. The number of carbonyl (C=O) groups excluding carboxylic acids is 3. The zero-order chi connectivity index (χ0) is 17.4. The molecule has 0 spiro atoms. The molecule has 2 aromatic rings. The molecule has 0 aliphatic rings. The van der Waals surface area contributed by atoms with Gasteiger partial charge in [0, 0.05) is 6.54 Å². The van der Waals surface area contributed by atoms with Gasteiger partial charge in [0.1, 0.15) is 0 Å². The topological polar surface area (TPSA) is 84.5 Å². The van der Waals surface area contributed by atoms with Crippen molar-refractivity contribution in [1.82, 2.24) is 10.6 Å². The molecule has 0 atom stereocenters. The second-order valence-electron chi connectivity index (χ2n) is 5.16. The molecule has 0 fully saturated rings. The Hall–Kier alpha value is -3.15. The van der Waals surface area contributed by atoms with Gasteiger partial charge in [-0.05, 0) is 24.6 Å². The molecule has 2 rings (SSSR count). The number of hydrogen-bond acceptors (Lipinski definition) is 4. The average Bonchev–Trinajstić information content (AvgIpc) is 2.59. The monoisotopic (exact) mass is 326 g/mol. The Labute approximate surface area is 139 Å². The van der Waals surface area contributed by atoms with Crippen LogP contribution in [-0.4, -0.2) is 24.5 Å². The second kappa shape index (κ2) is 8.47. The van der Waals surface area contributed by atoms with Gasteiger partial charge in [-0.2, -0.15) is 0 Å². The maximum absolute atomic E-state index is 11.8. The van der Waals surface area contributed by atoms with Gasteiger partial charge in [0.05, 0.1) is 5.56 Å². The van der Waals surface area contributed by atoms with E-state index in [0.29, 0.717) is 12.1 Å². The van der Waals surface area contributed by atoms with E-state index in [2.05, 4.69) is 10.6 Å². The number of ether oxygens (including phenoxy) is 1. The Morgan fingerprint density at radius 1 is 1.00 bits per heavy atom. The number of amides is 3. The number of esters is 1. The van der Waals surface area contributed by atoms with Crippen LogP contribution in [0.25, 0.3) is 0 Å². The summed E-state index contributed by atoms with van der Waals surface area (Å²) < 4.78 is 4.88. The van der Waals surface area contributed by atoms with Crippen molar-refractivity contribution in [3.63, 3.8) is 0 Å². The van der Waals surface area contributed by atoms with Crippen molar-refractivity contribution in [2.45, 2.75) is 13.5 Å². The molecular formula is C18H18N2O4. The molecule has 0 radical (unpaired) electrons. The van der Waals surface area contributed by atoms with Crippen LogP contribution in [0.4, 0.5) is 4.79 Å². The number of hydrogen-bond donors (Lipinski definition) is 2. The molecular weight excluding hydrogens is 308 g/mol. The fraction of sp³-hybridized carbons (Fsp3) is 0.167. The van der Waals surface area contributed by atoms with E-state index in [4.69, 9.17) is 4.74 Å². The molecule has 0 saturated heterocycles. The van der Waals surface area contributed by atoms with Crippen LogP contribution in [0.1, 0.15) is 21.5 Å². The van der Waals surface area contributed by atoms with Crippen molar-refractivity contribution in [1.29, 1.82) is 0 Å². The lowest BCUT2D eigenvalue weighted by Crippen LogP contribution is -2.41. The van der Waals surface area contributed by atoms with E-state index in [1.54, 1.807) is 18.2 Å². The van der Waals surface area contributed by atoms with E-state index < -0.39 is 24.5 Å². The van der Waals surface area contributed by atoms with Crippen LogP contribution in [0.3, 0.4) is 0 Å². The minimum Gasteiger partial charge on any atom is -0.452 e. The number of urea groups is 1. The second-order valence-corrected chi connectivity index (χ2v) is 5.16. The van der Waals surface area contributed by atoms with E-state index in [-0.39, 0.29) is 0 Å². The molecule has 24 heavy (non-hydrogen) atoms. The molecule has 124 valence electrons. The summed E-state index contributed by atoms with van der Waals surface area (Å²) in [6.07, 6.45) is 0. The molecule has 3 amide bonds. The maximum atomic E-state index is 11.8. The summed E-state index contributed by atoms with van der Waals surface area (Å²) in [4.78, 5) is 35.0. The average molecular weight is 326 g/mol. The van der Waals surface area contributed by atoms with Crippen LogP contribution in [0.5, 0.6) is 0 Å². The largest absolute Gasteiger partial charge is 0.452 e. The third-order valence-electron chi connectivity index (χ3n) is 3.14. The first-order valence-electron chi connectivity index (χ1n) is 7.40. The van der Waals surface area contributed by atoms with Crippen molar-refractivity contribution in [2.75, 3.05) is 6.61 Å². The zero-order valence-corrected chi connectivity index (χ0v) is 13.2. The first-order valence-corrected chi connectivity index (χ1v) is 7.40. The van der Waals surface area contributed by atoms with Crippen molar-refractivity contribution in [3.8, 4) is 0 Å². The normalized spacial score (nSPS) is 9.88. The van der Waals surface area contributed by atoms with E-state index in [1.165, 1.54) is 0 Å². The number of imide groups is 1. The van der Waals surface area contributed by atoms with Crippen molar-refractivity contribution in [2.24, 2.45) is 0 Å². The molecule has 6 heteroatoms. The van der Waals surface area contributed by atoms with Gasteiger partial charge in [0.15, 0.2) is 6.61 Å². The predicted molar refractivity (Wildman–Crippen MR) is 88.3 cm³/mol. The van der Waals surface area contributed by atoms with E-state index >= 15 is 0 Å². The number of rotatable bonds is 5. The van der Waals surface area contributed by atoms with Crippen LogP contribution >= 0.6 is 0 Å². The molecule has 0 saturated carbocycles. The highest BCUT2D eigenvalue weighted by molar-refractivity contribution is 5.97. The van der Waals surface area contributed by atoms with Crippen LogP contribution in [-0.2, 0) is 16.1 Å². The minimum absolute atomic E-state index is 0.295. The Balaban J connectivity index is 1.72. The molecule has 0 heterocycles. The fourth-order valence-electron chi connectivity index (χ4n) is 1.97. The predicted octanol–water partition coefficient (Wildman–Crippen LogP) is 2.18. The van der Waals surface area contributed by atoms with E-state index in [1.807, 2.05) is 43.3 Å². The molecule has 2 aromatic carbocycles. The summed E-state index contributed by atoms with van der Waals surface area (Å²) in [5, 5.41) is 4.65. The smallest absolute Gasteiger partial charge is 0.338 e. The standard InChI is InChI=1S/C18H18N2O4/c1-13-6-5-9-15(10-13)17(22)24-12-16(21)20-18(23)19-11-14-7-3-2-4-8-14/h2-10H,11-12H2,1H3,(H2,19,20,21,23). The molecule has 6 nitrogen and oxygen atoms in total. The van der Waals surface area contributed by atoms with Gasteiger partial charge in [0.25, 0.3) is 5.91 Å². The summed E-state index contributed by atoms with van der Waals surface area (Å²) in [6, 6.07) is 15.5. The van der Waals surface area contributed by atoms with Gasteiger partial charge in [-0.3, -0.25) is 10.1 Å². The summed E-state index contributed by atoms with van der Waals surface area (Å²) in [5.74, 6) is -1.31. The number of carbonyl (C=O) groups is 3. The SMILES string of the molecule is Cc1cccc(C(=O)OCC(=O)NC(=O)NCc2ccccc2)c1. The Kier molecular flexibility index (Phi) is 6.08. The maximum Gasteiger partial charge on any atom is 0.338 e. The Bertz CT molecular complexity index is 729. The number of aryl methyl sites for hydroxylation is 1. The molecule has 0 aromatic heterocycles. The lowest BCUT2D eigenvalue weighted by molar-refractivity contribution is -0.123. The molecule has 0 aliphatic carbocycles. The van der Waals surface area contributed by atoms with Gasteiger partial charge >= 0.3 is 12.0 Å². The number of benzene rings is 2. The van der Waals surface area contributed by atoms with Crippen LogP contribution in [0, 0.1) is 6.92 Å². The van der Waals surface area contributed by atoms with Gasteiger partial charge in [-0.25, -0.2) is 9.59 Å². The molecule has 0 aliphatic heterocycles. The Morgan fingerprint density at radius 3 is 2.46 bits per heavy atom. The van der Waals surface area contributed by atoms with Crippen LogP contribution in [0.15, 0.2) is 54.6 Å². The summed E-state index contributed by atoms with van der Waals surface area (Å²) in [5.41, 5.74) is 2.18. The van der Waals surface area contributed by atoms with Crippen LogP contribution < -0.4 is 10.6 Å². The highest BCUT2D eigenvalue weighted by atomic mass is 16.5. The minimum atomic E-state index is -0.693. The third kappa shape index (κ3) is 5.57. The summed E-state index contributed by atoms with van der Waals surface area (Å²) >= 11 is 0. The third-order valence-corrected chi connectivity index (χ3v) is 3.14. The highest BCUT2D eigenvalue weighted by Gasteiger charge is 2.12. The zero-order valence-electron chi connectivity index (χ0n) is 13.2. The summed E-state index contributed by atoms with van der Waals surface area (Å²) in [6.45, 7) is 1.62. The first-order chi connectivity index (χ1) is 11.5. The van der Waals surface area contributed by atoms with Crippen molar-refractivity contribution >= 4 is 17.9 Å². The molecule has 2 N–H and O–H groups in total. The van der Waals surface area contributed by atoms with Gasteiger partial charge in [-0.1, -0.05) is 48.0 Å². The van der Waals surface area contributed by atoms with E-state index in [9.17, 15) is 14.4 Å². The van der Waals surface area contributed by atoms with Gasteiger partial charge < -0.3 is 10.1 Å². The fourth-order valence-corrected chi connectivity index (χ4v) is 1.97. The summed E-state index contributed by atoms with van der Waals surface area (Å²) in [7, 11) is 0. The van der Waals surface area contributed by atoms with Gasteiger partial charge in [-0.15, -0.1) is 0 Å². The lowest BCUT2D eigenvalue weighted by Gasteiger charge is -2.08. The van der Waals surface area contributed by atoms with Gasteiger partial charge in [0.2, 0.25) is 0 Å². The van der Waals surface area contributed by atoms with Crippen molar-refractivity contribution < 1.29 is 19.1 Å². The lowest BCUT2D eigenvalue weighted by atomic mass is 10.1. The molecule has 0 unspecified atom stereocenters. The highest BCUT2D eigenvalue weighted by Crippen LogP contribution is 2.05. The quantitative estimate of drug-likeness (QED) is 0.825. The Morgan fingerprint density at radius 2 is 1.75 bits per heavy atom. The van der Waals surface area contributed by atoms with Crippen LogP contribution in [0.2, 0.25) is 0 Å². The number of nitrogens with one attached hydrogen (secondary N) is 2. The van der Waals surface area contributed by atoms with E-state index in [0.717, 1.165) is 11.1 Å². The molecule has 0 bridgehead atoms.